The molecule has 1 unspecified atom stereocenters. The van der Waals surface area contributed by atoms with Crippen LogP contribution >= 0.6 is 0 Å². The molecule has 0 radical (unpaired) electrons. The van der Waals surface area contributed by atoms with Crippen LogP contribution in [0.4, 0.5) is 14.5 Å². The molecule has 1 aromatic heterocycles. The fourth-order valence-electron chi connectivity index (χ4n) is 1.27. The number of aliphatic hydroxyl groups is 1. The summed E-state index contributed by atoms with van der Waals surface area (Å²) in [5, 5.41) is 20.4. The zero-order valence-electron chi connectivity index (χ0n) is 10.5. The second kappa shape index (κ2) is 6.37. The quantitative estimate of drug-likeness (QED) is 0.725. The lowest BCUT2D eigenvalue weighted by Gasteiger charge is -2.14. The van der Waals surface area contributed by atoms with Gasteiger partial charge < -0.3 is 15.5 Å². The van der Waals surface area contributed by atoms with Gasteiger partial charge in [0, 0.05) is 12.5 Å². The first-order valence-corrected chi connectivity index (χ1v) is 5.63. The fraction of sp³-hybridized carbons (Fsp3) is 0.545. The van der Waals surface area contributed by atoms with E-state index in [2.05, 4.69) is 15.3 Å². The Morgan fingerprint density at radius 2 is 2.11 bits per heavy atom. The lowest BCUT2D eigenvalue weighted by Crippen LogP contribution is -2.27. The van der Waals surface area contributed by atoms with Crippen molar-refractivity contribution in [3.05, 3.63) is 17.7 Å². The molecule has 0 saturated heterocycles. The average molecular weight is 275 g/mol. The first kappa shape index (κ1) is 15.2. The van der Waals surface area contributed by atoms with E-state index in [1.54, 1.807) is 13.8 Å². The zero-order chi connectivity index (χ0) is 14.6. The maximum absolute atomic E-state index is 12.1. The Kier molecular flexibility index (Phi) is 5.11. The third-order valence-electron chi connectivity index (χ3n) is 2.32. The Morgan fingerprint density at radius 3 is 2.58 bits per heavy atom. The van der Waals surface area contributed by atoms with E-state index in [0.717, 1.165) is 0 Å². The van der Waals surface area contributed by atoms with E-state index in [1.165, 1.54) is 6.20 Å². The van der Waals surface area contributed by atoms with Gasteiger partial charge in [-0.1, -0.05) is 13.8 Å². The van der Waals surface area contributed by atoms with Gasteiger partial charge in [0.05, 0.1) is 11.9 Å². The van der Waals surface area contributed by atoms with Crippen LogP contribution in [0.2, 0.25) is 0 Å². The van der Waals surface area contributed by atoms with E-state index in [9.17, 15) is 13.6 Å². The van der Waals surface area contributed by atoms with Gasteiger partial charge in [-0.25, -0.2) is 23.5 Å². The molecule has 106 valence electrons. The molecule has 0 saturated carbocycles. The molecule has 1 heterocycles. The Balaban J connectivity index is 2.91. The number of hydrogen-bond acceptors (Lipinski definition) is 5. The molecule has 0 bridgehead atoms. The predicted octanol–water partition coefficient (Wildman–Crippen LogP) is 1.34. The van der Waals surface area contributed by atoms with Crippen LogP contribution in [0.3, 0.4) is 0 Å². The number of carboxylic acids is 1. The molecular weight excluding hydrogens is 260 g/mol. The van der Waals surface area contributed by atoms with Crippen molar-refractivity contribution in [3.8, 4) is 0 Å². The molecular formula is C11H15F2N3O3. The number of aliphatic hydroxyl groups excluding tert-OH is 1. The zero-order valence-corrected chi connectivity index (χ0v) is 10.5. The second-order valence-corrected chi connectivity index (χ2v) is 4.23. The lowest BCUT2D eigenvalue weighted by atomic mass is 10.2. The van der Waals surface area contributed by atoms with Crippen LogP contribution in [-0.4, -0.2) is 45.2 Å². The van der Waals surface area contributed by atoms with Gasteiger partial charge in [0.1, 0.15) is 11.9 Å². The van der Waals surface area contributed by atoms with Crippen LogP contribution in [0, 0.1) is 0 Å². The number of carboxylic acid groups (broad SMARTS) is 1. The van der Waals surface area contributed by atoms with Gasteiger partial charge in [-0.2, -0.15) is 0 Å². The largest absolute Gasteiger partial charge is 0.476 e. The third-order valence-corrected chi connectivity index (χ3v) is 2.32. The van der Waals surface area contributed by atoms with Crippen molar-refractivity contribution in [1.82, 2.24) is 9.97 Å². The van der Waals surface area contributed by atoms with Crippen LogP contribution in [0.1, 0.15) is 36.1 Å². The summed E-state index contributed by atoms with van der Waals surface area (Å²) in [4.78, 5) is 18.8. The number of aromatic carboxylic acids is 1. The minimum absolute atomic E-state index is 0.00315. The second-order valence-electron chi connectivity index (χ2n) is 4.23. The van der Waals surface area contributed by atoms with Gasteiger partial charge in [0.2, 0.25) is 0 Å². The molecule has 6 nitrogen and oxygen atoms in total. The number of aromatic nitrogens is 2. The number of alkyl halides is 2. The SMILES string of the molecule is CC(C)c1ncc(NCC(O)C(F)F)c(C(=O)O)n1. The molecule has 0 spiro atoms. The molecule has 1 atom stereocenters. The Morgan fingerprint density at radius 1 is 1.47 bits per heavy atom. The summed E-state index contributed by atoms with van der Waals surface area (Å²) < 4.78 is 24.2. The molecule has 1 rings (SSSR count). The lowest BCUT2D eigenvalue weighted by molar-refractivity contribution is 0.00383. The predicted molar refractivity (Wildman–Crippen MR) is 63.6 cm³/mol. The Hall–Kier alpha value is -1.83. The molecule has 0 aliphatic carbocycles. The number of hydrogen-bond donors (Lipinski definition) is 3. The van der Waals surface area contributed by atoms with E-state index in [-0.39, 0.29) is 17.3 Å². The van der Waals surface area contributed by atoms with Crippen molar-refractivity contribution in [2.45, 2.75) is 32.3 Å². The highest BCUT2D eigenvalue weighted by Gasteiger charge is 2.19. The summed E-state index contributed by atoms with van der Waals surface area (Å²) >= 11 is 0. The van der Waals surface area contributed by atoms with Gasteiger partial charge >= 0.3 is 5.97 Å². The summed E-state index contributed by atoms with van der Waals surface area (Å²) in [5.41, 5.74) is -0.309. The Bertz CT molecular complexity index is 455. The first-order chi connectivity index (χ1) is 8.82. The van der Waals surface area contributed by atoms with Crippen molar-refractivity contribution in [1.29, 1.82) is 0 Å². The van der Waals surface area contributed by atoms with E-state index >= 15 is 0 Å². The maximum atomic E-state index is 12.1. The third kappa shape index (κ3) is 4.09. The average Bonchev–Trinajstić information content (AvgIpc) is 2.35. The molecule has 0 aromatic carbocycles. The highest BCUT2D eigenvalue weighted by molar-refractivity contribution is 5.91. The van der Waals surface area contributed by atoms with Crippen LogP contribution in [0.25, 0.3) is 0 Å². The van der Waals surface area contributed by atoms with Crippen LogP contribution in [0.15, 0.2) is 6.20 Å². The highest BCUT2D eigenvalue weighted by Crippen LogP contribution is 2.16. The summed E-state index contributed by atoms with van der Waals surface area (Å²) in [6.45, 7) is 3.12. The van der Waals surface area contributed by atoms with Crippen LogP contribution < -0.4 is 5.32 Å². The van der Waals surface area contributed by atoms with E-state index < -0.39 is 25.0 Å². The smallest absolute Gasteiger partial charge is 0.356 e. The summed E-state index contributed by atoms with van der Waals surface area (Å²) in [7, 11) is 0. The van der Waals surface area contributed by atoms with Crippen LogP contribution in [-0.2, 0) is 0 Å². The molecule has 0 aliphatic rings. The van der Waals surface area contributed by atoms with Crippen molar-refractivity contribution < 1.29 is 23.8 Å². The molecule has 1 aromatic rings. The van der Waals surface area contributed by atoms with Gasteiger partial charge in [0.25, 0.3) is 6.43 Å². The van der Waals surface area contributed by atoms with E-state index in [4.69, 9.17) is 10.2 Å². The molecule has 8 heteroatoms. The molecule has 0 amide bonds. The van der Waals surface area contributed by atoms with Crippen molar-refractivity contribution >= 4 is 11.7 Å². The highest BCUT2D eigenvalue weighted by atomic mass is 19.3. The Labute approximate surface area is 108 Å². The van der Waals surface area contributed by atoms with Gasteiger partial charge in [-0.3, -0.25) is 0 Å². The molecule has 0 aliphatic heterocycles. The van der Waals surface area contributed by atoms with Gasteiger partial charge in [0.15, 0.2) is 5.69 Å². The minimum atomic E-state index is -2.91. The minimum Gasteiger partial charge on any atom is -0.476 e. The topological polar surface area (TPSA) is 95.3 Å². The fourth-order valence-corrected chi connectivity index (χ4v) is 1.27. The monoisotopic (exact) mass is 275 g/mol. The van der Waals surface area contributed by atoms with Crippen LogP contribution in [0.5, 0.6) is 0 Å². The molecule has 0 fully saturated rings. The number of nitrogens with zero attached hydrogens (tertiary/aromatic N) is 2. The molecule has 3 N–H and O–H groups in total. The number of nitrogens with one attached hydrogen (secondary N) is 1. The number of rotatable bonds is 6. The van der Waals surface area contributed by atoms with Gasteiger partial charge in [-0.05, 0) is 0 Å². The summed E-state index contributed by atoms with van der Waals surface area (Å²) in [6, 6.07) is 0. The molecule has 19 heavy (non-hydrogen) atoms. The van der Waals surface area contributed by atoms with Gasteiger partial charge in [-0.15, -0.1) is 0 Å². The summed E-state index contributed by atoms with van der Waals surface area (Å²) in [6.07, 6.45) is -3.58. The van der Waals surface area contributed by atoms with Crippen molar-refractivity contribution in [2.75, 3.05) is 11.9 Å². The van der Waals surface area contributed by atoms with Crippen molar-refractivity contribution in [3.63, 3.8) is 0 Å². The number of carbonyl (C=O) groups is 1. The number of halogens is 2. The summed E-state index contributed by atoms with van der Waals surface area (Å²) in [5.74, 6) is -1.01. The standard InChI is InChI=1S/C11H15F2N3O3/c1-5(2)10-15-3-6(8(16-10)11(18)19)14-4-7(17)9(12)13/h3,5,7,9,14,17H,4H2,1-2H3,(H,18,19). The maximum Gasteiger partial charge on any atom is 0.356 e. The normalized spacial score (nSPS) is 12.8. The number of anilines is 1. The van der Waals surface area contributed by atoms with E-state index in [0.29, 0.717) is 5.82 Å². The van der Waals surface area contributed by atoms with E-state index in [1.807, 2.05) is 0 Å². The first-order valence-electron chi connectivity index (χ1n) is 5.63. The van der Waals surface area contributed by atoms with Crippen molar-refractivity contribution in [2.24, 2.45) is 0 Å².